The Labute approximate surface area is 225 Å². The number of fused-ring (bicyclic) bond motifs is 2. The van der Waals surface area contributed by atoms with E-state index in [1.54, 1.807) is 0 Å². The van der Waals surface area contributed by atoms with Gasteiger partial charge >= 0.3 is 21.1 Å². The van der Waals surface area contributed by atoms with Gasteiger partial charge in [0.1, 0.15) is 0 Å². The number of aromatic nitrogens is 4. The predicted molar refractivity (Wildman–Crippen MR) is 141 cm³/mol. The van der Waals surface area contributed by atoms with Crippen LogP contribution in [0.25, 0.3) is 33.2 Å². The molecule has 4 heterocycles. The van der Waals surface area contributed by atoms with Gasteiger partial charge in [0.25, 0.3) is 0 Å². The van der Waals surface area contributed by atoms with Crippen molar-refractivity contribution >= 4 is 21.5 Å². The van der Waals surface area contributed by atoms with E-state index in [0.29, 0.717) is 0 Å². The normalized spacial score (nSPS) is 11.7. The summed E-state index contributed by atoms with van der Waals surface area (Å²) in [6.07, 6.45) is 6.96. The average Bonchev–Trinajstić information content (AvgIpc) is 3.41. The fourth-order valence-corrected chi connectivity index (χ4v) is 4.82. The summed E-state index contributed by atoms with van der Waals surface area (Å²) >= 11 is 0. The van der Waals surface area contributed by atoms with E-state index >= 15 is 0 Å². The average molecular weight is 650 g/mol. The summed E-state index contributed by atoms with van der Waals surface area (Å²) in [5.74, 6) is 1.72. The van der Waals surface area contributed by atoms with Gasteiger partial charge in [-0.05, 0) is 38.4 Å². The molecule has 0 saturated carbocycles. The fraction of sp³-hybridized carbons (Fsp3) is 0.161. The number of aryl methyl sites for hydroxylation is 2. The molecule has 5 heteroatoms. The van der Waals surface area contributed by atoms with Gasteiger partial charge in [0.05, 0.1) is 11.6 Å². The van der Waals surface area contributed by atoms with Crippen LogP contribution >= 0.6 is 0 Å². The van der Waals surface area contributed by atoms with E-state index in [2.05, 4.69) is 110 Å². The summed E-state index contributed by atoms with van der Waals surface area (Å²) in [5.41, 5.74) is 3.79. The quantitative estimate of drug-likeness (QED) is 0.195. The first-order valence-corrected chi connectivity index (χ1v) is 11.9. The summed E-state index contributed by atoms with van der Waals surface area (Å²) in [4.78, 5) is 10.2. The number of benzene rings is 2. The molecule has 36 heavy (non-hydrogen) atoms. The van der Waals surface area contributed by atoms with Gasteiger partial charge in [-0.25, -0.2) is 0 Å². The van der Waals surface area contributed by atoms with Crippen molar-refractivity contribution in [2.24, 2.45) is 0 Å². The molecule has 0 amide bonds. The smallest absolute Gasteiger partial charge is 0.405 e. The summed E-state index contributed by atoms with van der Waals surface area (Å²) in [6, 6.07) is 29.0. The van der Waals surface area contributed by atoms with Crippen LogP contribution in [0.15, 0.2) is 84.9 Å². The molecular formula is C31H26N4Pt. The summed E-state index contributed by atoms with van der Waals surface area (Å²) in [6.45, 7) is 8.58. The predicted octanol–water partition coefficient (Wildman–Crippen LogP) is 6.91. The second kappa shape index (κ2) is 9.18. The van der Waals surface area contributed by atoms with Crippen LogP contribution in [0.1, 0.15) is 36.6 Å². The van der Waals surface area contributed by atoms with Crippen molar-refractivity contribution in [2.75, 3.05) is 0 Å². The first kappa shape index (κ1) is 24.2. The van der Waals surface area contributed by atoms with Gasteiger partial charge in [-0.2, -0.15) is 0 Å². The number of rotatable bonds is 4. The molecule has 0 aliphatic carbocycles. The van der Waals surface area contributed by atoms with E-state index in [-0.39, 0.29) is 21.1 Å². The third kappa shape index (κ3) is 3.90. The summed E-state index contributed by atoms with van der Waals surface area (Å²) < 4.78 is 4.11. The molecule has 0 saturated heterocycles. The molecule has 0 aliphatic rings. The topological polar surface area (TPSA) is 35.6 Å². The van der Waals surface area contributed by atoms with Crippen LogP contribution in [-0.2, 0) is 26.5 Å². The van der Waals surface area contributed by atoms with E-state index in [4.69, 9.17) is 9.97 Å². The molecule has 0 aliphatic heterocycles. The van der Waals surface area contributed by atoms with Crippen LogP contribution in [0.4, 0.5) is 0 Å². The minimum absolute atomic E-state index is 0. The zero-order valence-electron chi connectivity index (χ0n) is 20.7. The summed E-state index contributed by atoms with van der Waals surface area (Å²) in [7, 11) is 0. The van der Waals surface area contributed by atoms with Crippen molar-refractivity contribution in [1.29, 1.82) is 0 Å². The van der Waals surface area contributed by atoms with Crippen molar-refractivity contribution in [3.05, 3.63) is 120 Å². The maximum absolute atomic E-state index is 5.08. The molecule has 0 N–H and O–H groups in total. The van der Waals surface area contributed by atoms with Gasteiger partial charge in [-0.15, -0.1) is 22.9 Å². The first-order valence-electron chi connectivity index (χ1n) is 11.9. The van der Waals surface area contributed by atoms with Crippen molar-refractivity contribution in [1.82, 2.24) is 19.1 Å². The zero-order valence-corrected chi connectivity index (χ0v) is 23.0. The van der Waals surface area contributed by atoms with Gasteiger partial charge in [-0.1, -0.05) is 96.7 Å². The Kier molecular flexibility index (Phi) is 6.18. The van der Waals surface area contributed by atoms with Crippen LogP contribution in [0.2, 0.25) is 0 Å². The molecule has 0 atom stereocenters. The molecular weight excluding hydrogens is 623 g/mol. The number of hydrogen-bond donors (Lipinski definition) is 0. The van der Waals surface area contributed by atoms with Gasteiger partial charge in [0, 0.05) is 16.8 Å². The maximum atomic E-state index is 5.08. The molecule has 0 fully saturated rings. The largest absolute Gasteiger partial charge is 2.00 e. The molecule has 180 valence electrons. The molecule has 6 rings (SSSR count). The number of hydrogen-bond acceptors (Lipinski definition) is 2. The van der Waals surface area contributed by atoms with Crippen LogP contribution in [0, 0.1) is 26.2 Å². The Bertz CT molecular complexity index is 1580. The second-order valence-electron chi connectivity index (χ2n) is 9.54. The second-order valence-corrected chi connectivity index (χ2v) is 9.54. The Morgan fingerprint density at radius 1 is 0.583 bits per heavy atom. The monoisotopic (exact) mass is 649 g/mol. The van der Waals surface area contributed by atoms with Crippen LogP contribution in [0.3, 0.4) is 0 Å². The van der Waals surface area contributed by atoms with Gasteiger partial charge < -0.3 is 9.13 Å². The number of pyridine rings is 2. The molecule has 4 aromatic heterocycles. The minimum Gasteiger partial charge on any atom is -0.405 e. The van der Waals surface area contributed by atoms with Crippen molar-refractivity contribution in [3.8, 4) is 11.6 Å². The van der Waals surface area contributed by atoms with Gasteiger partial charge in [-0.3, -0.25) is 9.97 Å². The molecule has 0 radical (unpaired) electrons. The van der Waals surface area contributed by atoms with Crippen molar-refractivity contribution in [3.63, 3.8) is 0 Å². The molecule has 0 unspecified atom stereocenters. The Hall–Kier alpha value is -3.49. The third-order valence-electron chi connectivity index (χ3n) is 6.98. The van der Waals surface area contributed by atoms with E-state index in [9.17, 15) is 0 Å². The molecule has 0 spiro atoms. The third-order valence-corrected chi connectivity index (χ3v) is 6.98. The molecule has 6 aromatic rings. The van der Waals surface area contributed by atoms with Crippen LogP contribution < -0.4 is 0 Å². The van der Waals surface area contributed by atoms with E-state index < -0.39 is 5.41 Å². The van der Waals surface area contributed by atoms with E-state index in [0.717, 1.165) is 45.2 Å². The first-order chi connectivity index (χ1) is 16.9. The van der Waals surface area contributed by atoms with Crippen molar-refractivity contribution in [2.45, 2.75) is 33.1 Å². The zero-order chi connectivity index (χ0) is 24.2. The van der Waals surface area contributed by atoms with E-state index in [1.807, 2.05) is 24.3 Å². The Morgan fingerprint density at radius 3 is 1.42 bits per heavy atom. The number of nitrogens with zero attached hydrogens (tertiary/aromatic N) is 4. The maximum Gasteiger partial charge on any atom is 2.00 e. The van der Waals surface area contributed by atoms with Crippen LogP contribution in [0.5, 0.6) is 0 Å². The van der Waals surface area contributed by atoms with Gasteiger partial charge in [0.2, 0.25) is 0 Å². The SMILES string of the molecule is Cc1c2ccccc2[c-]n1-c1cccc(C(C)(C)c2cccc(-n3[c-]c4ccccc4c3C)n2)n1.[Pt+2]. The standard InChI is InChI=1S/C31H26N4.Pt/c1-21-25-13-7-5-11-23(25)19-34(21)29-17-9-15-27(32-29)31(3,4)28-16-10-18-30(33-28)35-20-24-12-6-8-14-26(24)22(35)2;/h5-18H,1-4H3;/q-2;+2. The Morgan fingerprint density at radius 2 is 1.00 bits per heavy atom. The van der Waals surface area contributed by atoms with Crippen molar-refractivity contribution < 1.29 is 21.1 Å². The molecule has 2 aromatic carbocycles. The Balaban J connectivity index is 0.00000267. The fourth-order valence-electron chi connectivity index (χ4n) is 4.82. The van der Waals surface area contributed by atoms with Gasteiger partial charge in [0.15, 0.2) is 0 Å². The minimum atomic E-state index is -0.396. The molecule has 0 bridgehead atoms. The van der Waals surface area contributed by atoms with Crippen LogP contribution in [-0.4, -0.2) is 19.1 Å². The molecule has 4 nitrogen and oxygen atoms in total. The van der Waals surface area contributed by atoms with E-state index in [1.165, 1.54) is 10.8 Å². The summed E-state index contributed by atoms with van der Waals surface area (Å²) in [5, 5.41) is 4.58.